The Kier molecular flexibility index (Phi) is 7.78. The van der Waals surface area contributed by atoms with Crippen LogP contribution in [-0.2, 0) is 21.7 Å². The summed E-state index contributed by atoms with van der Waals surface area (Å²) in [5.41, 5.74) is 25.9. The number of rotatable bonds is 3. The highest BCUT2D eigenvalue weighted by molar-refractivity contribution is 6.74. The lowest BCUT2D eigenvalue weighted by atomic mass is 9.58. The van der Waals surface area contributed by atoms with Crippen LogP contribution in [0.2, 0.25) is 0 Å². The third-order valence-corrected chi connectivity index (χ3v) is 15.9. The second-order valence-corrected chi connectivity index (χ2v) is 22.6. The van der Waals surface area contributed by atoms with Gasteiger partial charge in [0.05, 0.1) is 11.0 Å². The molecule has 3 heterocycles. The van der Waals surface area contributed by atoms with Crippen molar-refractivity contribution in [3.05, 3.63) is 173 Å². The number of para-hydroxylation sites is 1. The summed E-state index contributed by atoms with van der Waals surface area (Å²) < 4.78 is 9.99. The van der Waals surface area contributed by atoms with E-state index in [-0.39, 0.29) is 21.7 Å². The minimum atomic E-state index is -0.201. The quantitative estimate of drug-likeness (QED) is 0.179. The van der Waals surface area contributed by atoms with Crippen molar-refractivity contribution in [2.24, 2.45) is 0 Å². The minimum Gasteiger partial charge on any atom is -0.455 e. The highest BCUT2D eigenvalue weighted by Crippen LogP contribution is 2.55. The lowest BCUT2D eigenvalue weighted by Crippen LogP contribution is -2.38. The number of nitrogens with one attached hydrogen (secondary N) is 1. The number of hydrogen-bond donors (Lipinski definition) is 1. The molecule has 0 bridgehead atoms. The second kappa shape index (κ2) is 13.0. The first-order valence-electron chi connectivity index (χ1n) is 23.9. The Balaban J connectivity index is 1.19. The maximum absolute atomic E-state index is 7.36. The fourth-order valence-electron chi connectivity index (χ4n) is 12.3. The van der Waals surface area contributed by atoms with E-state index in [1.807, 2.05) is 0 Å². The number of furan rings is 1. The Morgan fingerprint density at radius 1 is 0.530 bits per heavy atom. The van der Waals surface area contributed by atoms with Crippen LogP contribution in [0.15, 0.2) is 144 Å². The van der Waals surface area contributed by atoms with Crippen LogP contribution in [0.25, 0.3) is 82.8 Å². The molecule has 2 aromatic heterocycles. The zero-order valence-corrected chi connectivity index (χ0v) is 39.8. The predicted molar refractivity (Wildman–Crippen MR) is 282 cm³/mol. The van der Waals surface area contributed by atoms with Gasteiger partial charge in [0.1, 0.15) is 11.2 Å². The van der Waals surface area contributed by atoms with Gasteiger partial charge >= 0.3 is 0 Å². The summed E-state index contributed by atoms with van der Waals surface area (Å²) in [7, 11) is 0.775. The highest BCUT2D eigenvalue weighted by Gasteiger charge is 2.40. The normalized spacial score (nSPS) is 15.2. The van der Waals surface area contributed by atoms with Gasteiger partial charge in [-0.25, -0.2) is 0 Å². The molecule has 8 aromatic carbocycles. The van der Waals surface area contributed by atoms with Gasteiger partial charge < -0.3 is 14.3 Å². The lowest BCUT2D eigenvalue weighted by Gasteiger charge is -2.28. The third-order valence-electron chi connectivity index (χ3n) is 15.9. The largest absolute Gasteiger partial charge is 0.455 e. The molecule has 10 aromatic rings. The van der Waals surface area contributed by atoms with Gasteiger partial charge in [0, 0.05) is 60.6 Å². The van der Waals surface area contributed by atoms with Crippen LogP contribution in [0.5, 0.6) is 0 Å². The first-order valence-corrected chi connectivity index (χ1v) is 23.9. The van der Waals surface area contributed by atoms with Crippen molar-refractivity contribution in [3.63, 3.8) is 0 Å². The van der Waals surface area contributed by atoms with Crippen molar-refractivity contribution in [1.82, 2.24) is 4.57 Å². The Labute approximate surface area is 388 Å². The fourth-order valence-corrected chi connectivity index (χ4v) is 12.3. The van der Waals surface area contributed by atoms with Gasteiger partial charge in [-0.05, 0) is 120 Å². The van der Waals surface area contributed by atoms with Crippen LogP contribution in [-0.4, -0.2) is 11.8 Å². The van der Waals surface area contributed by atoms with Crippen LogP contribution in [0, 0.1) is 0 Å². The molecule has 4 heteroatoms. The van der Waals surface area contributed by atoms with E-state index < -0.39 is 0 Å². The average Bonchev–Trinajstić information content (AvgIpc) is 3.97. The van der Waals surface area contributed by atoms with Gasteiger partial charge in [-0.2, -0.15) is 0 Å². The maximum Gasteiger partial charge on any atom is 0.198 e. The zero-order chi connectivity index (χ0) is 45.4. The molecular formula is C62H55BN2O. The van der Waals surface area contributed by atoms with E-state index in [1.54, 1.807) is 0 Å². The van der Waals surface area contributed by atoms with E-state index in [4.69, 9.17) is 4.42 Å². The van der Waals surface area contributed by atoms with E-state index in [0.717, 1.165) is 35.2 Å². The van der Waals surface area contributed by atoms with Gasteiger partial charge in [-0.1, -0.05) is 166 Å². The van der Waals surface area contributed by atoms with Crippen LogP contribution in [0.1, 0.15) is 103 Å². The number of anilines is 2. The molecule has 3 aliphatic rings. The van der Waals surface area contributed by atoms with Crippen LogP contribution < -0.4 is 16.2 Å². The SMILES string of the molecule is CC(C)(C)c1ccc(Nc2cc3c(cc2-c2c4c5c(c6cc(C(C)(C)C)ccc6n5-c5cc6c(cc5B4)C(C)(C)c4ccccc4-6)c4c2oc2ccccc24)C(C)(C)c2ccccc2-3)cc1. The molecule has 13 rings (SSSR count). The van der Waals surface area contributed by atoms with Crippen LogP contribution >= 0.6 is 0 Å². The topological polar surface area (TPSA) is 30.1 Å². The number of fused-ring (bicyclic) bond motifs is 15. The monoisotopic (exact) mass is 854 g/mol. The molecule has 1 aliphatic heterocycles. The summed E-state index contributed by atoms with van der Waals surface area (Å²) in [6.07, 6.45) is 0. The molecule has 0 saturated carbocycles. The summed E-state index contributed by atoms with van der Waals surface area (Å²) in [6.45, 7) is 23.4. The minimum absolute atomic E-state index is 0.0301. The van der Waals surface area contributed by atoms with E-state index in [0.29, 0.717) is 0 Å². The molecule has 3 nitrogen and oxygen atoms in total. The molecule has 66 heavy (non-hydrogen) atoms. The number of nitrogens with zero attached hydrogens (tertiary/aromatic N) is 1. The van der Waals surface area contributed by atoms with Crippen molar-refractivity contribution < 1.29 is 4.42 Å². The van der Waals surface area contributed by atoms with E-state index >= 15 is 0 Å². The standard InChI is InChI=1S/C62H55BN2O/c1-59(2,3)34-23-26-36(27-24-34)64-49-31-40-37-17-11-14-20-44(37)61(7,8)46(40)30-42(49)55-56-57-53(54-39-19-13-16-22-52(39)66-58(54)55)43-29-35(60(4,5)6)25-28-50(43)65(57)51-32-41-38-18-12-15-21-45(38)62(9,10)47(41)33-48(51)63-56/h11-33,63-64H,1-10H3. The molecule has 0 spiro atoms. The third kappa shape index (κ3) is 5.27. The zero-order valence-electron chi connectivity index (χ0n) is 39.8. The van der Waals surface area contributed by atoms with Gasteiger partial charge in [0.25, 0.3) is 0 Å². The lowest BCUT2D eigenvalue weighted by molar-refractivity contribution is 0.590. The Hall–Kier alpha value is -6.78. The summed E-state index contributed by atoms with van der Waals surface area (Å²) >= 11 is 0. The molecule has 0 radical (unpaired) electrons. The first kappa shape index (κ1) is 39.6. The number of benzene rings is 8. The molecular weight excluding hydrogens is 800 g/mol. The van der Waals surface area contributed by atoms with Gasteiger partial charge in [-0.15, -0.1) is 0 Å². The van der Waals surface area contributed by atoms with E-state index in [1.165, 1.54) is 111 Å². The average molecular weight is 855 g/mol. The smallest absolute Gasteiger partial charge is 0.198 e. The Bertz CT molecular complexity index is 3770. The van der Waals surface area contributed by atoms with Crippen molar-refractivity contribution in [1.29, 1.82) is 0 Å². The summed E-state index contributed by atoms with van der Waals surface area (Å²) in [5.74, 6) is 0. The Morgan fingerprint density at radius 3 is 1.82 bits per heavy atom. The summed E-state index contributed by atoms with van der Waals surface area (Å²) in [4.78, 5) is 0. The fraction of sp³-hybridized carbons (Fsp3) is 0.226. The molecule has 0 unspecified atom stereocenters. The highest BCUT2D eigenvalue weighted by atomic mass is 16.3. The molecule has 2 aliphatic carbocycles. The second-order valence-electron chi connectivity index (χ2n) is 22.6. The van der Waals surface area contributed by atoms with Crippen LogP contribution in [0.3, 0.4) is 0 Å². The molecule has 322 valence electrons. The van der Waals surface area contributed by atoms with Crippen molar-refractivity contribution in [3.8, 4) is 39.1 Å². The number of aromatic nitrogens is 1. The molecule has 0 atom stereocenters. The molecule has 0 amide bonds. The van der Waals surface area contributed by atoms with Crippen LogP contribution in [0.4, 0.5) is 11.4 Å². The first-order chi connectivity index (χ1) is 31.5. The van der Waals surface area contributed by atoms with E-state index in [9.17, 15) is 0 Å². The van der Waals surface area contributed by atoms with Gasteiger partial charge in [0.2, 0.25) is 0 Å². The Morgan fingerprint density at radius 2 is 1.14 bits per heavy atom. The van der Waals surface area contributed by atoms with Crippen molar-refractivity contribution in [2.45, 2.75) is 90.9 Å². The van der Waals surface area contributed by atoms with Gasteiger partial charge in [-0.3, -0.25) is 0 Å². The molecule has 0 saturated heterocycles. The van der Waals surface area contributed by atoms with Crippen molar-refractivity contribution >= 4 is 73.3 Å². The number of hydrogen-bond acceptors (Lipinski definition) is 2. The maximum atomic E-state index is 7.36. The predicted octanol–water partition coefficient (Wildman–Crippen LogP) is 15.0. The molecule has 0 fully saturated rings. The van der Waals surface area contributed by atoms with Gasteiger partial charge in [0.15, 0.2) is 7.28 Å². The summed E-state index contributed by atoms with van der Waals surface area (Å²) in [5, 5.41) is 8.94. The molecule has 1 N–H and O–H groups in total. The van der Waals surface area contributed by atoms with Crippen molar-refractivity contribution in [2.75, 3.05) is 5.32 Å². The van der Waals surface area contributed by atoms with E-state index in [2.05, 4.69) is 219 Å². The summed E-state index contributed by atoms with van der Waals surface area (Å²) in [6, 6.07) is 53.1.